The minimum Gasteiger partial charge on any atom is -0.496 e. The number of hydrogen-bond acceptors (Lipinski definition) is 2. The second kappa shape index (κ2) is 5.57. The van der Waals surface area contributed by atoms with Gasteiger partial charge in [-0.15, -0.1) is 0 Å². The van der Waals surface area contributed by atoms with Gasteiger partial charge in [0, 0.05) is 17.6 Å². The molecule has 1 saturated carbocycles. The quantitative estimate of drug-likeness (QED) is 0.930. The molecule has 4 nitrogen and oxygen atoms in total. The Bertz CT molecular complexity index is 612. The Balaban J connectivity index is 1.75. The first-order valence-electron chi connectivity index (χ1n) is 7.19. The number of ether oxygens (including phenoxy) is 1. The van der Waals surface area contributed by atoms with Gasteiger partial charge < -0.3 is 14.6 Å². The second-order valence-electron chi connectivity index (χ2n) is 5.39. The first-order valence-corrected chi connectivity index (χ1v) is 7.19. The minimum atomic E-state index is 0.0946. The zero-order valence-electron chi connectivity index (χ0n) is 11.8. The van der Waals surface area contributed by atoms with Crippen LogP contribution < -0.4 is 10.1 Å². The van der Waals surface area contributed by atoms with Crippen molar-refractivity contribution >= 4 is 16.8 Å². The van der Waals surface area contributed by atoms with Crippen molar-refractivity contribution in [1.29, 1.82) is 0 Å². The largest absolute Gasteiger partial charge is 0.496 e. The molecule has 1 N–H and O–H groups in total. The van der Waals surface area contributed by atoms with Gasteiger partial charge in [-0.2, -0.15) is 0 Å². The number of methoxy groups -OCH3 is 1. The molecule has 1 aliphatic rings. The Labute approximate surface area is 118 Å². The lowest BCUT2D eigenvalue weighted by Crippen LogP contribution is -2.35. The highest BCUT2D eigenvalue weighted by molar-refractivity contribution is 5.88. The summed E-state index contributed by atoms with van der Waals surface area (Å²) in [5, 5.41) is 4.16. The average Bonchev–Trinajstić information content (AvgIpc) is 3.09. The van der Waals surface area contributed by atoms with Gasteiger partial charge in [0.05, 0.1) is 12.6 Å². The van der Waals surface area contributed by atoms with Crippen LogP contribution in [0.1, 0.15) is 25.7 Å². The molecule has 1 amide bonds. The van der Waals surface area contributed by atoms with Crippen LogP contribution >= 0.6 is 0 Å². The van der Waals surface area contributed by atoms with Crippen LogP contribution in [0.3, 0.4) is 0 Å². The predicted molar refractivity (Wildman–Crippen MR) is 78.9 cm³/mol. The number of amides is 1. The van der Waals surface area contributed by atoms with E-state index in [2.05, 4.69) is 5.32 Å². The summed E-state index contributed by atoms with van der Waals surface area (Å²) in [7, 11) is 1.67. The number of carbonyl (C=O) groups excluding carboxylic acids is 1. The molecule has 2 aromatic rings. The van der Waals surface area contributed by atoms with Crippen LogP contribution in [0.4, 0.5) is 0 Å². The Hall–Kier alpha value is -1.97. The van der Waals surface area contributed by atoms with Crippen molar-refractivity contribution in [3.63, 3.8) is 0 Å². The van der Waals surface area contributed by atoms with E-state index in [0.29, 0.717) is 12.6 Å². The molecule has 0 spiro atoms. The lowest BCUT2D eigenvalue weighted by Gasteiger charge is -2.13. The van der Waals surface area contributed by atoms with Gasteiger partial charge >= 0.3 is 0 Å². The second-order valence-corrected chi connectivity index (χ2v) is 5.39. The van der Waals surface area contributed by atoms with Crippen molar-refractivity contribution in [2.75, 3.05) is 7.11 Å². The number of nitrogens with one attached hydrogen (secondary N) is 1. The molecule has 0 bridgehead atoms. The maximum absolute atomic E-state index is 12.1. The number of benzene rings is 1. The van der Waals surface area contributed by atoms with Crippen LogP contribution in [0.15, 0.2) is 30.5 Å². The van der Waals surface area contributed by atoms with Gasteiger partial charge in [0.1, 0.15) is 12.3 Å². The number of nitrogens with zero attached hydrogens (tertiary/aromatic N) is 1. The molecule has 1 aromatic heterocycles. The Morgan fingerprint density at radius 1 is 1.35 bits per heavy atom. The highest BCUT2D eigenvalue weighted by atomic mass is 16.5. The summed E-state index contributed by atoms with van der Waals surface area (Å²) in [6.07, 6.45) is 6.64. The maximum Gasteiger partial charge on any atom is 0.240 e. The third-order valence-corrected chi connectivity index (χ3v) is 4.03. The molecule has 3 rings (SSSR count). The zero-order valence-corrected chi connectivity index (χ0v) is 11.8. The van der Waals surface area contributed by atoms with Crippen molar-refractivity contribution in [3.8, 4) is 5.75 Å². The molecule has 1 fully saturated rings. The molecule has 0 atom stereocenters. The van der Waals surface area contributed by atoms with Gasteiger partial charge in [0.25, 0.3) is 0 Å². The van der Waals surface area contributed by atoms with E-state index < -0.39 is 0 Å². The number of hydrogen-bond donors (Lipinski definition) is 1. The van der Waals surface area contributed by atoms with E-state index >= 15 is 0 Å². The highest BCUT2D eigenvalue weighted by Gasteiger charge is 2.17. The Morgan fingerprint density at radius 3 is 2.90 bits per heavy atom. The van der Waals surface area contributed by atoms with Gasteiger partial charge in [-0.25, -0.2) is 0 Å². The monoisotopic (exact) mass is 272 g/mol. The third-order valence-electron chi connectivity index (χ3n) is 4.03. The van der Waals surface area contributed by atoms with Crippen molar-refractivity contribution in [2.45, 2.75) is 38.3 Å². The number of carbonyl (C=O) groups is 1. The van der Waals surface area contributed by atoms with E-state index in [1.807, 2.05) is 35.0 Å². The molecule has 1 aromatic carbocycles. The summed E-state index contributed by atoms with van der Waals surface area (Å²) >= 11 is 0. The lowest BCUT2D eigenvalue weighted by atomic mass is 10.2. The topological polar surface area (TPSA) is 43.3 Å². The third kappa shape index (κ3) is 2.50. The van der Waals surface area contributed by atoms with Crippen molar-refractivity contribution in [1.82, 2.24) is 9.88 Å². The lowest BCUT2D eigenvalue weighted by molar-refractivity contribution is -0.122. The summed E-state index contributed by atoms with van der Waals surface area (Å²) in [4.78, 5) is 12.1. The molecule has 0 unspecified atom stereocenters. The summed E-state index contributed by atoms with van der Waals surface area (Å²) in [5.41, 5.74) is 1.03. The summed E-state index contributed by atoms with van der Waals surface area (Å²) in [6, 6.07) is 8.27. The summed E-state index contributed by atoms with van der Waals surface area (Å²) < 4.78 is 7.31. The first kappa shape index (κ1) is 13.0. The fourth-order valence-electron chi connectivity index (χ4n) is 3.01. The molecule has 106 valence electrons. The zero-order chi connectivity index (χ0) is 13.9. The molecule has 1 heterocycles. The summed E-state index contributed by atoms with van der Waals surface area (Å²) in [6.45, 7) is 0.368. The van der Waals surface area contributed by atoms with Crippen molar-refractivity contribution < 1.29 is 9.53 Å². The van der Waals surface area contributed by atoms with Crippen LogP contribution in [0.2, 0.25) is 0 Å². The van der Waals surface area contributed by atoms with E-state index in [1.54, 1.807) is 7.11 Å². The van der Waals surface area contributed by atoms with Crippen LogP contribution in [-0.4, -0.2) is 23.6 Å². The fraction of sp³-hybridized carbons (Fsp3) is 0.438. The molecular formula is C16H20N2O2. The van der Waals surface area contributed by atoms with Crippen LogP contribution in [-0.2, 0) is 11.3 Å². The van der Waals surface area contributed by atoms with Crippen molar-refractivity contribution in [2.24, 2.45) is 0 Å². The van der Waals surface area contributed by atoms with Crippen LogP contribution in [0.5, 0.6) is 5.75 Å². The normalized spacial score (nSPS) is 15.7. The van der Waals surface area contributed by atoms with E-state index in [9.17, 15) is 4.79 Å². The maximum atomic E-state index is 12.1. The Kier molecular flexibility index (Phi) is 3.63. The summed E-state index contributed by atoms with van der Waals surface area (Å²) in [5.74, 6) is 0.940. The molecule has 0 radical (unpaired) electrons. The highest BCUT2D eigenvalue weighted by Crippen LogP contribution is 2.26. The predicted octanol–water partition coefficient (Wildman–Crippen LogP) is 2.71. The average molecular weight is 272 g/mol. The molecule has 1 aliphatic carbocycles. The smallest absolute Gasteiger partial charge is 0.240 e. The Morgan fingerprint density at radius 2 is 2.15 bits per heavy atom. The van der Waals surface area contributed by atoms with Gasteiger partial charge in [-0.05, 0) is 31.0 Å². The minimum absolute atomic E-state index is 0.0946. The molecular weight excluding hydrogens is 252 g/mol. The molecule has 4 heteroatoms. The van der Waals surface area contributed by atoms with E-state index in [4.69, 9.17) is 4.74 Å². The number of fused-ring (bicyclic) bond motifs is 1. The van der Waals surface area contributed by atoms with Gasteiger partial charge in [0.2, 0.25) is 5.91 Å². The van der Waals surface area contributed by atoms with Gasteiger partial charge in [-0.1, -0.05) is 18.9 Å². The standard InChI is InChI=1S/C16H20N2O2/c1-20-15-8-4-7-14-13(15)9-10-18(14)11-16(19)17-12-5-2-3-6-12/h4,7-10,12H,2-3,5-6,11H2,1H3,(H,17,19). The number of aromatic nitrogens is 1. The van der Waals surface area contributed by atoms with E-state index in [1.165, 1.54) is 12.8 Å². The van der Waals surface area contributed by atoms with Gasteiger partial charge in [-0.3, -0.25) is 4.79 Å². The fourth-order valence-corrected chi connectivity index (χ4v) is 3.01. The molecule has 0 aliphatic heterocycles. The van der Waals surface area contributed by atoms with Crippen molar-refractivity contribution in [3.05, 3.63) is 30.5 Å². The number of rotatable bonds is 4. The van der Waals surface area contributed by atoms with E-state index in [0.717, 1.165) is 29.5 Å². The first-order chi connectivity index (χ1) is 9.78. The van der Waals surface area contributed by atoms with Gasteiger partial charge in [0.15, 0.2) is 0 Å². The van der Waals surface area contributed by atoms with E-state index in [-0.39, 0.29) is 5.91 Å². The molecule has 0 saturated heterocycles. The SMILES string of the molecule is COc1cccc2c1ccn2CC(=O)NC1CCCC1. The van der Waals surface area contributed by atoms with Crippen LogP contribution in [0.25, 0.3) is 10.9 Å². The van der Waals surface area contributed by atoms with Crippen LogP contribution in [0, 0.1) is 0 Å². The molecule has 20 heavy (non-hydrogen) atoms.